The molecular weight excluding hydrogens is 381 g/mol. The van der Waals surface area contributed by atoms with Crippen molar-refractivity contribution in [1.82, 2.24) is 4.90 Å². The first-order valence-electron chi connectivity index (χ1n) is 7.71. The summed E-state index contributed by atoms with van der Waals surface area (Å²) in [4.78, 5) is 24.7. The van der Waals surface area contributed by atoms with Crippen molar-refractivity contribution in [2.24, 2.45) is 0 Å². The van der Waals surface area contributed by atoms with Gasteiger partial charge in [-0.25, -0.2) is 0 Å². The standard InChI is InChI=1S/C17H17Cl2N3O4/c18-13-4-2-11(8-14(13)19)10-21(6-1-7-23)17(24)12-3-5-15(20)16(9-12)22(25)26/h2-5,8-9,23H,1,6-7,10,20H2. The van der Waals surface area contributed by atoms with Gasteiger partial charge in [0.25, 0.3) is 11.6 Å². The monoisotopic (exact) mass is 397 g/mol. The normalized spacial score (nSPS) is 10.6. The van der Waals surface area contributed by atoms with Crippen molar-refractivity contribution >= 4 is 40.5 Å². The molecule has 2 rings (SSSR count). The van der Waals surface area contributed by atoms with Crippen molar-refractivity contribution in [3.63, 3.8) is 0 Å². The summed E-state index contributed by atoms with van der Waals surface area (Å²) in [7, 11) is 0. The number of carbonyl (C=O) groups excluding carboxylic acids is 1. The van der Waals surface area contributed by atoms with Crippen molar-refractivity contribution in [2.75, 3.05) is 18.9 Å². The Hall–Kier alpha value is -2.35. The van der Waals surface area contributed by atoms with Crippen molar-refractivity contribution < 1.29 is 14.8 Å². The zero-order valence-electron chi connectivity index (χ0n) is 13.7. The van der Waals surface area contributed by atoms with Crippen LogP contribution in [0.3, 0.4) is 0 Å². The number of hydrogen-bond donors (Lipinski definition) is 2. The molecule has 0 heterocycles. The molecule has 0 fully saturated rings. The van der Waals surface area contributed by atoms with E-state index < -0.39 is 10.8 Å². The molecule has 2 aromatic carbocycles. The first-order valence-corrected chi connectivity index (χ1v) is 8.47. The number of rotatable bonds is 7. The van der Waals surface area contributed by atoms with E-state index >= 15 is 0 Å². The lowest BCUT2D eigenvalue weighted by Gasteiger charge is -2.23. The van der Waals surface area contributed by atoms with Crippen LogP contribution >= 0.6 is 23.2 Å². The third-order valence-electron chi connectivity index (χ3n) is 3.70. The molecular formula is C17H17Cl2N3O4. The van der Waals surface area contributed by atoms with Gasteiger partial charge in [0, 0.05) is 31.3 Å². The first kappa shape index (κ1) is 20.0. The number of aliphatic hydroxyl groups is 1. The summed E-state index contributed by atoms with van der Waals surface area (Å²) in [6, 6.07) is 8.92. The summed E-state index contributed by atoms with van der Waals surface area (Å²) in [6.45, 7) is 0.398. The molecule has 0 spiro atoms. The molecule has 0 aliphatic heterocycles. The molecule has 0 atom stereocenters. The van der Waals surface area contributed by atoms with Crippen LogP contribution in [0, 0.1) is 10.1 Å². The number of nitro benzene ring substituents is 1. The second-order valence-electron chi connectivity index (χ2n) is 5.58. The highest BCUT2D eigenvalue weighted by atomic mass is 35.5. The molecule has 0 radical (unpaired) electrons. The number of hydrogen-bond acceptors (Lipinski definition) is 5. The quantitative estimate of drug-likeness (QED) is 0.421. The molecule has 0 unspecified atom stereocenters. The van der Waals surface area contributed by atoms with Gasteiger partial charge >= 0.3 is 0 Å². The SMILES string of the molecule is Nc1ccc(C(=O)N(CCCO)Cc2ccc(Cl)c(Cl)c2)cc1[N+](=O)[O-]. The molecule has 0 saturated carbocycles. The fourth-order valence-corrected chi connectivity index (χ4v) is 2.71. The lowest BCUT2D eigenvalue weighted by molar-refractivity contribution is -0.383. The highest BCUT2D eigenvalue weighted by molar-refractivity contribution is 6.42. The van der Waals surface area contributed by atoms with Crippen LogP contribution in [0.2, 0.25) is 10.0 Å². The van der Waals surface area contributed by atoms with Crippen LogP contribution in [0.1, 0.15) is 22.3 Å². The number of nitrogens with zero attached hydrogens (tertiary/aromatic N) is 2. The van der Waals surface area contributed by atoms with E-state index in [-0.39, 0.29) is 36.6 Å². The average Bonchev–Trinajstić information content (AvgIpc) is 2.61. The minimum Gasteiger partial charge on any atom is -0.396 e. The number of anilines is 1. The summed E-state index contributed by atoms with van der Waals surface area (Å²) in [5, 5.41) is 20.9. The van der Waals surface area contributed by atoms with Gasteiger partial charge in [0.2, 0.25) is 0 Å². The van der Waals surface area contributed by atoms with E-state index in [0.717, 1.165) is 11.6 Å². The predicted molar refractivity (Wildman–Crippen MR) is 100 cm³/mol. The number of carbonyl (C=O) groups is 1. The fraction of sp³-hybridized carbons (Fsp3) is 0.235. The van der Waals surface area contributed by atoms with Crippen LogP contribution in [-0.4, -0.2) is 34.0 Å². The summed E-state index contributed by atoms with van der Waals surface area (Å²) in [5.74, 6) is -0.410. The van der Waals surface area contributed by atoms with Gasteiger partial charge in [-0.05, 0) is 36.2 Å². The van der Waals surface area contributed by atoms with E-state index in [9.17, 15) is 14.9 Å². The predicted octanol–water partition coefficient (Wildman–Crippen LogP) is 3.51. The highest BCUT2D eigenvalue weighted by Gasteiger charge is 2.20. The Morgan fingerprint density at radius 3 is 2.54 bits per heavy atom. The number of aliphatic hydroxyl groups excluding tert-OH is 1. The zero-order valence-corrected chi connectivity index (χ0v) is 15.2. The molecule has 1 amide bonds. The Kier molecular flexibility index (Phi) is 6.79. The van der Waals surface area contributed by atoms with Crippen LogP contribution in [-0.2, 0) is 6.54 Å². The lowest BCUT2D eigenvalue weighted by Crippen LogP contribution is -2.32. The Balaban J connectivity index is 2.30. The Bertz CT molecular complexity index is 830. The van der Waals surface area contributed by atoms with Gasteiger partial charge < -0.3 is 15.7 Å². The molecule has 0 bridgehead atoms. The average molecular weight is 398 g/mol. The van der Waals surface area contributed by atoms with E-state index in [0.29, 0.717) is 16.5 Å². The maximum Gasteiger partial charge on any atom is 0.292 e. The number of nitrogens with two attached hydrogens (primary N) is 1. The Morgan fingerprint density at radius 2 is 1.92 bits per heavy atom. The van der Waals surface area contributed by atoms with E-state index in [1.54, 1.807) is 18.2 Å². The van der Waals surface area contributed by atoms with Gasteiger partial charge in [0.1, 0.15) is 5.69 Å². The van der Waals surface area contributed by atoms with Crippen LogP contribution in [0.15, 0.2) is 36.4 Å². The third kappa shape index (κ3) is 4.85. The van der Waals surface area contributed by atoms with Gasteiger partial charge in [0.05, 0.1) is 15.0 Å². The van der Waals surface area contributed by atoms with Crippen LogP contribution < -0.4 is 5.73 Å². The van der Waals surface area contributed by atoms with Crippen LogP contribution in [0.25, 0.3) is 0 Å². The largest absolute Gasteiger partial charge is 0.396 e. The van der Waals surface area contributed by atoms with E-state index in [2.05, 4.69) is 0 Å². The van der Waals surface area contributed by atoms with Gasteiger partial charge in [-0.3, -0.25) is 14.9 Å². The number of halogens is 2. The second-order valence-corrected chi connectivity index (χ2v) is 6.40. The molecule has 26 heavy (non-hydrogen) atoms. The Morgan fingerprint density at radius 1 is 1.19 bits per heavy atom. The smallest absolute Gasteiger partial charge is 0.292 e. The lowest BCUT2D eigenvalue weighted by atomic mass is 10.1. The van der Waals surface area contributed by atoms with E-state index in [4.69, 9.17) is 34.0 Å². The fourth-order valence-electron chi connectivity index (χ4n) is 2.39. The van der Waals surface area contributed by atoms with Gasteiger partial charge in [0.15, 0.2) is 0 Å². The van der Waals surface area contributed by atoms with Crippen molar-refractivity contribution in [1.29, 1.82) is 0 Å². The van der Waals surface area contributed by atoms with Gasteiger partial charge in [-0.1, -0.05) is 29.3 Å². The minimum atomic E-state index is -0.636. The molecule has 7 nitrogen and oxygen atoms in total. The maximum atomic E-state index is 12.8. The molecule has 0 aliphatic carbocycles. The van der Waals surface area contributed by atoms with E-state index in [1.165, 1.54) is 17.0 Å². The highest BCUT2D eigenvalue weighted by Crippen LogP contribution is 2.25. The summed E-state index contributed by atoms with van der Waals surface area (Å²) in [6.07, 6.45) is 0.365. The third-order valence-corrected chi connectivity index (χ3v) is 4.44. The molecule has 3 N–H and O–H groups in total. The first-order chi connectivity index (χ1) is 12.3. The topological polar surface area (TPSA) is 110 Å². The summed E-state index contributed by atoms with van der Waals surface area (Å²) >= 11 is 11.9. The number of nitrogen functional groups attached to an aromatic ring is 1. The van der Waals surface area contributed by atoms with Crippen LogP contribution in [0.4, 0.5) is 11.4 Å². The maximum absolute atomic E-state index is 12.8. The molecule has 2 aromatic rings. The minimum absolute atomic E-state index is 0.0158. The summed E-state index contributed by atoms with van der Waals surface area (Å²) < 4.78 is 0. The molecule has 9 heteroatoms. The Labute approximate surface area is 160 Å². The molecule has 0 aliphatic rings. The number of benzene rings is 2. The van der Waals surface area contributed by atoms with Crippen molar-refractivity contribution in [3.8, 4) is 0 Å². The number of amides is 1. The number of nitro groups is 1. The van der Waals surface area contributed by atoms with E-state index in [1.807, 2.05) is 0 Å². The van der Waals surface area contributed by atoms with Gasteiger partial charge in [-0.15, -0.1) is 0 Å². The zero-order chi connectivity index (χ0) is 19.3. The van der Waals surface area contributed by atoms with Crippen LogP contribution in [0.5, 0.6) is 0 Å². The van der Waals surface area contributed by atoms with Gasteiger partial charge in [-0.2, -0.15) is 0 Å². The molecule has 138 valence electrons. The summed E-state index contributed by atoms with van der Waals surface area (Å²) in [5.41, 5.74) is 6.12. The second kappa shape index (κ2) is 8.84. The molecule has 0 aromatic heterocycles. The van der Waals surface area contributed by atoms with Crippen molar-refractivity contribution in [2.45, 2.75) is 13.0 Å². The van der Waals surface area contributed by atoms with Crippen molar-refractivity contribution in [3.05, 3.63) is 67.7 Å². The molecule has 0 saturated heterocycles.